The Bertz CT molecular complexity index is 38.8. The Balaban J connectivity index is 0. The molecule has 38 valence electrons. The molecule has 0 fully saturated rings. The van der Waals surface area contributed by atoms with Crippen LogP contribution in [0.5, 0.6) is 0 Å². The summed E-state index contributed by atoms with van der Waals surface area (Å²) in [7, 11) is 0. The summed E-state index contributed by atoms with van der Waals surface area (Å²) >= 11 is -2.61. The zero-order valence-electron chi connectivity index (χ0n) is 2.83. The molecule has 0 aliphatic rings. The molecule has 0 aliphatic heterocycles. The van der Waals surface area contributed by atoms with Gasteiger partial charge >= 0.3 is 0 Å². The SMILES string of the molecule is C=O.O=S(O)O. The first-order valence-electron chi connectivity index (χ1n) is 0.820. The fourth-order valence-corrected chi connectivity index (χ4v) is 0. The molecule has 0 aromatic rings. The van der Waals surface area contributed by atoms with Gasteiger partial charge in [-0.25, -0.2) is 0 Å². The molecular weight excluding hydrogens is 108 g/mol. The standard InChI is InChI=1S/CH2O.H2O3S/c1-2;1-4(2)3/h1H2;(H2,1,2,3). The Morgan fingerprint density at radius 3 is 1.33 bits per heavy atom. The molecule has 0 unspecified atom stereocenters. The molecule has 5 heteroatoms. The predicted octanol–water partition coefficient (Wildman–Crippen LogP) is -0.504. The third-order valence-electron chi connectivity index (χ3n) is 0. The van der Waals surface area contributed by atoms with Crippen molar-refractivity contribution in [1.82, 2.24) is 0 Å². The normalized spacial score (nSPS) is 6.50. The Morgan fingerprint density at radius 2 is 1.33 bits per heavy atom. The lowest BCUT2D eigenvalue weighted by atomic mass is 11.9. The van der Waals surface area contributed by atoms with Crippen LogP contribution in [-0.4, -0.2) is 20.1 Å². The number of carbonyl (C=O) groups excluding carboxylic acids is 1. The van der Waals surface area contributed by atoms with Gasteiger partial charge in [0, 0.05) is 0 Å². The molecule has 0 aliphatic carbocycles. The lowest BCUT2D eigenvalue weighted by molar-refractivity contribution is -0.0979. The predicted molar refractivity (Wildman–Crippen MR) is 20.5 cm³/mol. The number of hydrogen-bond acceptors (Lipinski definition) is 2. The van der Waals surface area contributed by atoms with Crippen molar-refractivity contribution in [3.05, 3.63) is 0 Å². The summed E-state index contributed by atoms with van der Waals surface area (Å²) in [6, 6.07) is 0. The van der Waals surface area contributed by atoms with Crippen LogP contribution in [0.3, 0.4) is 0 Å². The van der Waals surface area contributed by atoms with Gasteiger partial charge in [-0.2, -0.15) is 4.21 Å². The molecule has 2 N–H and O–H groups in total. The fourth-order valence-electron chi connectivity index (χ4n) is 0. The van der Waals surface area contributed by atoms with Gasteiger partial charge in [0.25, 0.3) is 11.4 Å². The Morgan fingerprint density at radius 1 is 1.33 bits per heavy atom. The van der Waals surface area contributed by atoms with Gasteiger partial charge in [-0.1, -0.05) is 0 Å². The Hall–Kier alpha value is -0.260. The van der Waals surface area contributed by atoms with Crippen LogP contribution in [0.1, 0.15) is 0 Å². The summed E-state index contributed by atoms with van der Waals surface area (Å²) in [6.45, 7) is 2.00. The number of carbonyl (C=O) groups is 1. The average Bonchev–Trinajstić information content (AvgIpc) is 1.41. The summed E-state index contributed by atoms with van der Waals surface area (Å²) < 4.78 is 22.8. The van der Waals surface area contributed by atoms with E-state index < -0.39 is 11.4 Å². The van der Waals surface area contributed by atoms with Crippen molar-refractivity contribution in [1.29, 1.82) is 0 Å². The van der Waals surface area contributed by atoms with Crippen LogP contribution < -0.4 is 0 Å². The molecule has 0 amide bonds. The topological polar surface area (TPSA) is 74.6 Å². The first kappa shape index (κ1) is 9.22. The van der Waals surface area contributed by atoms with Crippen LogP contribution in [0.4, 0.5) is 0 Å². The molecule has 0 bridgehead atoms. The maximum atomic E-state index is 8.67. The maximum Gasteiger partial charge on any atom is 0.299 e. The van der Waals surface area contributed by atoms with E-state index in [1.165, 1.54) is 0 Å². The average molecular weight is 112 g/mol. The Kier molecular flexibility index (Phi) is 13.6. The van der Waals surface area contributed by atoms with E-state index in [9.17, 15) is 0 Å². The molecular formula is CH4O4S. The molecule has 6 heavy (non-hydrogen) atoms. The third-order valence-corrected chi connectivity index (χ3v) is 0. The van der Waals surface area contributed by atoms with Gasteiger partial charge in [-0.15, -0.1) is 0 Å². The van der Waals surface area contributed by atoms with Crippen molar-refractivity contribution in [3.63, 3.8) is 0 Å². The van der Waals surface area contributed by atoms with E-state index in [0.29, 0.717) is 0 Å². The smallest absolute Gasteiger partial charge is 0.299 e. The zero-order chi connectivity index (χ0) is 5.58. The van der Waals surface area contributed by atoms with Gasteiger partial charge in [0.1, 0.15) is 6.79 Å². The lowest BCUT2D eigenvalue weighted by Crippen LogP contribution is -1.74. The maximum absolute atomic E-state index is 8.67. The van der Waals surface area contributed by atoms with E-state index in [0.717, 1.165) is 0 Å². The minimum atomic E-state index is -2.61. The second-order valence-electron chi connectivity index (χ2n) is 0.231. The van der Waals surface area contributed by atoms with Crippen molar-refractivity contribution < 1.29 is 18.1 Å². The molecule has 0 rings (SSSR count). The Labute approximate surface area is 37.3 Å². The highest BCUT2D eigenvalue weighted by Gasteiger charge is 1.62. The number of rotatable bonds is 0. The van der Waals surface area contributed by atoms with Crippen LogP contribution >= 0.6 is 0 Å². The van der Waals surface area contributed by atoms with E-state index >= 15 is 0 Å². The monoisotopic (exact) mass is 112 g/mol. The van der Waals surface area contributed by atoms with Crippen LogP contribution in [0.25, 0.3) is 0 Å². The highest BCUT2D eigenvalue weighted by molar-refractivity contribution is 7.73. The summed E-state index contributed by atoms with van der Waals surface area (Å²) in [5.41, 5.74) is 0. The summed E-state index contributed by atoms with van der Waals surface area (Å²) in [6.07, 6.45) is 0. The minimum absolute atomic E-state index is 2.00. The van der Waals surface area contributed by atoms with Gasteiger partial charge in [0.2, 0.25) is 0 Å². The van der Waals surface area contributed by atoms with Crippen LogP contribution in [-0.2, 0) is 16.2 Å². The van der Waals surface area contributed by atoms with Gasteiger partial charge < -0.3 is 4.79 Å². The molecule has 0 aromatic carbocycles. The van der Waals surface area contributed by atoms with Gasteiger partial charge in [0.05, 0.1) is 0 Å². The summed E-state index contributed by atoms with van der Waals surface area (Å²) in [5, 5.41) is 0. The second kappa shape index (κ2) is 8.83. The summed E-state index contributed by atoms with van der Waals surface area (Å²) in [4.78, 5) is 8.00. The molecule has 0 heterocycles. The van der Waals surface area contributed by atoms with Gasteiger partial charge in [-0.3, -0.25) is 9.11 Å². The second-order valence-corrected chi connectivity index (χ2v) is 0.692. The van der Waals surface area contributed by atoms with Crippen molar-refractivity contribution >= 4 is 18.2 Å². The van der Waals surface area contributed by atoms with Crippen LogP contribution in [0, 0.1) is 0 Å². The van der Waals surface area contributed by atoms with Gasteiger partial charge in [-0.05, 0) is 0 Å². The molecule has 0 atom stereocenters. The highest BCUT2D eigenvalue weighted by Crippen LogP contribution is 1.44. The lowest BCUT2D eigenvalue weighted by Gasteiger charge is -1.59. The zero-order valence-corrected chi connectivity index (χ0v) is 3.64. The molecule has 4 nitrogen and oxygen atoms in total. The first-order chi connectivity index (χ1) is 2.73. The van der Waals surface area contributed by atoms with Crippen LogP contribution in [0.15, 0.2) is 0 Å². The van der Waals surface area contributed by atoms with Crippen LogP contribution in [0.2, 0.25) is 0 Å². The van der Waals surface area contributed by atoms with Crippen molar-refractivity contribution in [2.45, 2.75) is 0 Å². The van der Waals surface area contributed by atoms with E-state index in [1.807, 2.05) is 6.79 Å². The molecule has 0 saturated heterocycles. The van der Waals surface area contributed by atoms with E-state index in [2.05, 4.69) is 0 Å². The molecule has 0 saturated carbocycles. The quantitative estimate of drug-likeness (QED) is 0.414. The summed E-state index contributed by atoms with van der Waals surface area (Å²) in [5.74, 6) is 0. The van der Waals surface area contributed by atoms with Crippen molar-refractivity contribution in [2.75, 3.05) is 0 Å². The number of hydrogen-bond donors (Lipinski definition) is 2. The first-order valence-corrected chi connectivity index (χ1v) is 1.88. The minimum Gasteiger partial charge on any atom is -0.307 e. The molecule has 0 radical (unpaired) electrons. The van der Waals surface area contributed by atoms with Gasteiger partial charge in [0.15, 0.2) is 0 Å². The highest BCUT2D eigenvalue weighted by atomic mass is 32.2. The van der Waals surface area contributed by atoms with E-state index in [4.69, 9.17) is 18.1 Å². The largest absolute Gasteiger partial charge is 0.307 e. The van der Waals surface area contributed by atoms with Crippen molar-refractivity contribution in [2.24, 2.45) is 0 Å². The fraction of sp³-hybridized carbons (Fsp3) is 0. The van der Waals surface area contributed by atoms with E-state index in [-0.39, 0.29) is 0 Å². The van der Waals surface area contributed by atoms with Crippen molar-refractivity contribution in [3.8, 4) is 0 Å². The molecule has 0 spiro atoms. The third kappa shape index (κ3) is 415. The van der Waals surface area contributed by atoms with E-state index in [1.54, 1.807) is 0 Å². The molecule has 0 aromatic heterocycles.